The van der Waals surface area contributed by atoms with Crippen LogP contribution in [0.15, 0.2) is 73.1 Å². The largest absolute Gasteiger partial charge is 0.455 e. The van der Waals surface area contributed by atoms with Gasteiger partial charge in [0.15, 0.2) is 0 Å². The molecule has 1 aromatic heterocycles. The second-order valence-electron chi connectivity index (χ2n) is 7.14. The number of rotatable bonds is 8. The second-order valence-corrected chi connectivity index (χ2v) is 7.14. The Bertz CT molecular complexity index is 1010. The molecule has 0 spiro atoms. The van der Waals surface area contributed by atoms with Gasteiger partial charge in [-0.25, -0.2) is 4.79 Å². The minimum absolute atomic E-state index is 0.175. The summed E-state index contributed by atoms with van der Waals surface area (Å²) in [5.41, 5.74) is 2.61. The lowest BCUT2D eigenvalue weighted by Crippen LogP contribution is -2.38. The van der Waals surface area contributed by atoms with Crippen molar-refractivity contribution in [2.45, 2.75) is 19.9 Å². The molecule has 3 amide bonds. The van der Waals surface area contributed by atoms with Crippen molar-refractivity contribution in [3.05, 3.63) is 84.2 Å². The van der Waals surface area contributed by atoms with Gasteiger partial charge in [-0.2, -0.15) is 0 Å². The molecule has 1 heterocycles. The lowest BCUT2D eigenvalue weighted by atomic mass is 10.2. The van der Waals surface area contributed by atoms with Gasteiger partial charge >= 0.3 is 6.03 Å². The molecular weight excluding hydrogens is 392 g/mol. The van der Waals surface area contributed by atoms with Gasteiger partial charge in [-0.3, -0.25) is 9.78 Å². The van der Waals surface area contributed by atoms with Crippen LogP contribution in [-0.2, 0) is 11.3 Å². The maximum absolute atomic E-state index is 12.2. The molecule has 0 radical (unpaired) electrons. The molecule has 0 bridgehead atoms. The van der Waals surface area contributed by atoms with Gasteiger partial charge in [0.05, 0.1) is 6.20 Å². The summed E-state index contributed by atoms with van der Waals surface area (Å²) in [6, 6.07) is 18.6. The van der Waals surface area contributed by atoms with Gasteiger partial charge in [-0.05, 0) is 48.4 Å². The van der Waals surface area contributed by atoms with Crippen molar-refractivity contribution in [3.8, 4) is 11.5 Å². The maximum atomic E-state index is 12.2. The number of nitrogens with one attached hydrogen (secondary N) is 2. The SMILES string of the molecule is Cc1cc(NC(=O)CCNC(=O)N(C)Cc2ccccc2)ccc1Oc1cccnc1. The molecule has 0 atom stereocenters. The highest BCUT2D eigenvalue weighted by Crippen LogP contribution is 2.26. The van der Waals surface area contributed by atoms with Crippen LogP contribution in [0, 0.1) is 6.92 Å². The topological polar surface area (TPSA) is 83.6 Å². The van der Waals surface area contributed by atoms with Crippen molar-refractivity contribution >= 4 is 17.6 Å². The quantitative estimate of drug-likeness (QED) is 0.570. The van der Waals surface area contributed by atoms with Crippen LogP contribution in [0.2, 0.25) is 0 Å². The van der Waals surface area contributed by atoms with Crippen molar-refractivity contribution in [3.63, 3.8) is 0 Å². The second kappa shape index (κ2) is 10.8. The average Bonchev–Trinajstić information content (AvgIpc) is 2.77. The molecule has 3 aromatic rings. The summed E-state index contributed by atoms with van der Waals surface area (Å²) in [4.78, 5) is 30.0. The van der Waals surface area contributed by atoms with E-state index in [-0.39, 0.29) is 24.9 Å². The predicted octanol–water partition coefficient (Wildman–Crippen LogP) is 4.35. The maximum Gasteiger partial charge on any atom is 0.317 e. The zero-order chi connectivity index (χ0) is 22.1. The van der Waals surface area contributed by atoms with E-state index in [2.05, 4.69) is 15.6 Å². The normalized spacial score (nSPS) is 10.3. The number of anilines is 1. The number of carbonyl (C=O) groups is 2. The Labute approximate surface area is 182 Å². The fourth-order valence-corrected chi connectivity index (χ4v) is 2.95. The zero-order valence-electron chi connectivity index (χ0n) is 17.7. The molecule has 160 valence electrons. The number of amides is 3. The lowest BCUT2D eigenvalue weighted by Gasteiger charge is -2.18. The first kappa shape index (κ1) is 21.8. The van der Waals surface area contributed by atoms with E-state index in [0.29, 0.717) is 23.7 Å². The van der Waals surface area contributed by atoms with E-state index < -0.39 is 0 Å². The Morgan fingerprint density at radius 2 is 1.87 bits per heavy atom. The van der Waals surface area contributed by atoms with Crippen LogP contribution in [0.4, 0.5) is 10.5 Å². The fourth-order valence-electron chi connectivity index (χ4n) is 2.95. The number of aromatic nitrogens is 1. The smallest absolute Gasteiger partial charge is 0.317 e. The van der Waals surface area contributed by atoms with E-state index in [4.69, 9.17) is 4.74 Å². The molecule has 31 heavy (non-hydrogen) atoms. The summed E-state index contributed by atoms with van der Waals surface area (Å²) < 4.78 is 5.80. The fraction of sp³-hybridized carbons (Fsp3) is 0.208. The zero-order valence-corrected chi connectivity index (χ0v) is 17.7. The van der Waals surface area contributed by atoms with E-state index in [9.17, 15) is 9.59 Å². The molecule has 3 rings (SSSR count). The number of pyridine rings is 1. The average molecular weight is 418 g/mol. The summed E-state index contributed by atoms with van der Waals surface area (Å²) in [5, 5.41) is 5.61. The van der Waals surface area contributed by atoms with Crippen molar-refractivity contribution in [1.82, 2.24) is 15.2 Å². The number of aryl methyl sites for hydroxylation is 1. The minimum Gasteiger partial charge on any atom is -0.455 e. The van der Waals surface area contributed by atoms with Crippen LogP contribution in [-0.4, -0.2) is 35.4 Å². The van der Waals surface area contributed by atoms with Crippen LogP contribution in [0.3, 0.4) is 0 Å². The molecule has 0 aliphatic heterocycles. The monoisotopic (exact) mass is 418 g/mol. The number of hydrogen-bond acceptors (Lipinski definition) is 4. The lowest BCUT2D eigenvalue weighted by molar-refractivity contribution is -0.116. The minimum atomic E-state index is -0.218. The molecule has 0 aliphatic rings. The van der Waals surface area contributed by atoms with Gasteiger partial charge in [-0.15, -0.1) is 0 Å². The Morgan fingerprint density at radius 3 is 2.58 bits per heavy atom. The first-order valence-electron chi connectivity index (χ1n) is 10.0. The molecular formula is C24H26N4O3. The van der Waals surface area contributed by atoms with E-state index in [1.54, 1.807) is 42.5 Å². The van der Waals surface area contributed by atoms with Gasteiger partial charge in [0.25, 0.3) is 0 Å². The Hall–Kier alpha value is -3.87. The number of ether oxygens (including phenoxy) is 1. The third kappa shape index (κ3) is 6.85. The van der Waals surface area contributed by atoms with E-state index in [1.165, 1.54) is 0 Å². The molecule has 0 unspecified atom stereocenters. The van der Waals surface area contributed by atoms with Gasteiger partial charge in [0.2, 0.25) is 5.91 Å². The van der Waals surface area contributed by atoms with Crippen LogP contribution >= 0.6 is 0 Å². The number of hydrogen-bond donors (Lipinski definition) is 2. The number of carbonyl (C=O) groups excluding carboxylic acids is 2. The van der Waals surface area contributed by atoms with Gasteiger partial charge in [-0.1, -0.05) is 30.3 Å². The van der Waals surface area contributed by atoms with E-state index >= 15 is 0 Å². The van der Waals surface area contributed by atoms with Crippen LogP contribution < -0.4 is 15.4 Å². The van der Waals surface area contributed by atoms with Crippen LogP contribution in [0.25, 0.3) is 0 Å². The Kier molecular flexibility index (Phi) is 7.59. The highest BCUT2D eigenvalue weighted by atomic mass is 16.5. The molecule has 2 N–H and O–H groups in total. The highest BCUT2D eigenvalue weighted by Gasteiger charge is 2.10. The Morgan fingerprint density at radius 1 is 1.06 bits per heavy atom. The van der Waals surface area contributed by atoms with E-state index in [1.807, 2.05) is 49.4 Å². The van der Waals surface area contributed by atoms with Crippen molar-refractivity contribution in [1.29, 1.82) is 0 Å². The van der Waals surface area contributed by atoms with E-state index in [0.717, 1.165) is 11.1 Å². The molecule has 0 fully saturated rings. The molecule has 0 saturated heterocycles. The Balaban J connectivity index is 1.43. The third-order valence-corrected chi connectivity index (χ3v) is 4.56. The van der Waals surface area contributed by atoms with Crippen molar-refractivity contribution in [2.75, 3.05) is 18.9 Å². The van der Waals surface area contributed by atoms with Gasteiger partial charge in [0, 0.05) is 38.4 Å². The highest BCUT2D eigenvalue weighted by molar-refractivity contribution is 5.91. The van der Waals surface area contributed by atoms with Gasteiger partial charge < -0.3 is 20.3 Å². The summed E-state index contributed by atoms with van der Waals surface area (Å²) in [5.74, 6) is 1.17. The van der Waals surface area contributed by atoms with Crippen molar-refractivity contribution in [2.24, 2.45) is 0 Å². The molecule has 0 saturated carbocycles. The summed E-state index contributed by atoms with van der Waals surface area (Å²) in [6.07, 6.45) is 3.50. The van der Waals surface area contributed by atoms with Crippen molar-refractivity contribution < 1.29 is 14.3 Å². The summed E-state index contributed by atoms with van der Waals surface area (Å²) in [6.45, 7) is 2.67. The first-order chi connectivity index (χ1) is 15.0. The first-order valence-corrected chi connectivity index (χ1v) is 10.0. The van der Waals surface area contributed by atoms with Crippen LogP contribution in [0.1, 0.15) is 17.5 Å². The number of nitrogens with zero attached hydrogens (tertiary/aromatic N) is 2. The predicted molar refractivity (Wildman–Crippen MR) is 120 cm³/mol. The standard InChI is InChI=1S/C24H26N4O3/c1-18-15-20(10-11-22(18)31-21-9-6-13-25-16-21)27-23(29)12-14-26-24(30)28(2)17-19-7-4-3-5-8-19/h3-11,13,15-16H,12,14,17H2,1-2H3,(H,26,30)(H,27,29). The third-order valence-electron chi connectivity index (χ3n) is 4.56. The number of urea groups is 1. The summed E-state index contributed by atoms with van der Waals surface area (Å²) in [7, 11) is 1.72. The molecule has 7 nitrogen and oxygen atoms in total. The molecule has 0 aliphatic carbocycles. The molecule has 7 heteroatoms. The van der Waals surface area contributed by atoms with Gasteiger partial charge in [0.1, 0.15) is 11.5 Å². The summed E-state index contributed by atoms with van der Waals surface area (Å²) >= 11 is 0. The number of benzene rings is 2. The molecule has 2 aromatic carbocycles. The van der Waals surface area contributed by atoms with Crippen LogP contribution in [0.5, 0.6) is 11.5 Å².